The van der Waals surface area contributed by atoms with Crippen LogP contribution in [0.2, 0.25) is 0 Å². The van der Waals surface area contributed by atoms with Gasteiger partial charge < -0.3 is 10.0 Å². The number of rotatable bonds is 8. The summed E-state index contributed by atoms with van der Waals surface area (Å²) < 4.78 is 27.3. The average molecular weight is 421 g/mol. The second-order valence-electron chi connectivity index (χ2n) is 8.00. The van der Waals surface area contributed by atoms with Crippen molar-refractivity contribution in [3.8, 4) is 11.1 Å². The van der Waals surface area contributed by atoms with Crippen LogP contribution < -0.4 is 4.90 Å². The van der Waals surface area contributed by atoms with Gasteiger partial charge in [-0.3, -0.25) is 0 Å². The van der Waals surface area contributed by atoms with Crippen molar-refractivity contribution in [3.63, 3.8) is 0 Å². The molecule has 160 valence electrons. The van der Waals surface area contributed by atoms with Crippen LogP contribution in [0.3, 0.4) is 0 Å². The molecule has 0 spiro atoms. The van der Waals surface area contributed by atoms with Crippen molar-refractivity contribution >= 4 is 11.7 Å². The smallest absolute Gasteiger partial charge is 0.326 e. The Morgan fingerprint density at radius 1 is 1.03 bits per heavy atom. The Balaban J connectivity index is 1.72. The molecule has 0 radical (unpaired) electrons. The molecule has 0 aliphatic heterocycles. The molecule has 0 saturated carbocycles. The number of fused-ring (bicyclic) bond motifs is 3. The maximum absolute atomic E-state index is 13.7. The lowest BCUT2D eigenvalue weighted by atomic mass is 10.0. The number of carboxylic acids is 1. The van der Waals surface area contributed by atoms with Gasteiger partial charge in [0.15, 0.2) is 0 Å². The number of aliphatic carboxylic acids is 1. The van der Waals surface area contributed by atoms with Crippen LogP contribution in [0.5, 0.6) is 0 Å². The topological polar surface area (TPSA) is 40.5 Å². The molecule has 5 heteroatoms. The molecule has 0 heterocycles. The van der Waals surface area contributed by atoms with Crippen molar-refractivity contribution in [2.45, 2.75) is 38.6 Å². The Morgan fingerprint density at radius 2 is 1.74 bits per heavy atom. The van der Waals surface area contributed by atoms with E-state index in [9.17, 15) is 18.7 Å². The quantitative estimate of drug-likeness (QED) is 0.389. The van der Waals surface area contributed by atoms with Crippen LogP contribution in [0.4, 0.5) is 14.5 Å². The zero-order valence-corrected chi connectivity index (χ0v) is 17.4. The summed E-state index contributed by atoms with van der Waals surface area (Å²) in [6.07, 6.45) is 2.30. The molecule has 0 bridgehead atoms. The predicted octanol–water partition coefficient (Wildman–Crippen LogP) is 5.84. The lowest BCUT2D eigenvalue weighted by Gasteiger charge is -2.33. The van der Waals surface area contributed by atoms with E-state index in [1.54, 1.807) is 0 Å². The van der Waals surface area contributed by atoms with E-state index in [1.807, 2.05) is 36.1 Å². The fourth-order valence-corrected chi connectivity index (χ4v) is 4.54. The molecular weight excluding hydrogens is 396 g/mol. The summed E-state index contributed by atoms with van der Waals surface area (Å²) in [5.41, 5.74) is 6.02. The van der Waals surface area contributed by atoms with E-state index in [0.717, 1.165) is 35.7 Å². The summed E-state index contributed by atoms with van der Waals surface area (Å²) in [5, 5.41) is 9.98. The van der Waals surface area contributed by atoms with Crippen molar-refractivity contribution in [2.24, 2.45) is 0 Å². The lowest BCUT2D eigenvalue weighted by Crippen LogP contribution is -2.43. The summed E-state index contributed by atoms with van der Waals surface area (Å²) >= 11 is 0. The molecule has 0 aromatic heterocycles. The minimum absolute atomic E-state index is 0.346. The summed E-state index contributed by atoms with van der Waals surface area (Å²) in [4.78, 5) is 14.1. The van der Waals surface area contributed by atoms with Crippen LogP contribution in [-0.4, -0.2) is 23.7 Å². The number of carboxylic acid groups (broad SMARTS) is 1. The predicted molar refractivity (Wildman–Crippen MR) is 118 cm³/mol. The van der Waals surface area contributed by atoms with Gasteiger partial charge in [0.25, 0.3) is 0 Å². The first-order valence-electron chi connectivity index (χ1n) is 10.6. The van der Waals surface area contributed by atoms with E-state index < -0.39 is 23.6 Å². The van der Waals surface area contributed by atoms with E-state index in [4.69, 9.17) is 0 Å². The highest BCUT2D eigenvalue weighted by atomic mass is 19.1. The fourth-order valence-electron chi connectivity index (χ4n) is 4.54. The van der Waals surface area contributed by atoms with Crippen LogP contribution in [0.25, 0.3) is 11.1 Å². The standard InChI is InChI=1S/C26H25F2NO2/c1-2-6-25(26(30)31)29(12-11-17-13-19(27)16-20(28)14-17)24-10-5-9-22-21-8-4-3-7-18(21)15-23(22)24/h3-5,7-10,13-14,16,25H,2,6,11-12,15H2,1H3,(H,30,31). The molecule has 1 atom stereocenters. The Bertz CT molecular complexity index is 1090. The molecule has 4 rings (SSSR count). The van der Waals surface area contributed by atoms with Gasteiger partial charge in [-0.15, -0.1) is 0 Å². The highest BCUT2D eigenvalue weighted by Gasteiger charge is 2.29. The number of benzene rings is 3. The number of hydrogen-bond donors (Lipinski definition) is 1. The first-order chi connectivity index (χ1) is 15.0. The Morgan fingerprint density at radius 3 is 2.45 bits per heavy atom. The first-order valence-corrected chi connectivity index (χ1v) is 10.6. The third kappa shape index (κ3) is 4.31. The van der Waals surface area contributed by atoms with Gasteiger partial charge in [-0.2, -0.15) is 0 Å². The van der Waals surface area contributed by atoms with E-state index in [0.29, 0.717) is 24.9 Å². The molecule has 3 aromatic rings. The third-order valence-corrected chi connectivity index (χ3v) is 5.92. The third-order valence-electron chi connectivity index (χ3n) is 5.92. The average Bonchev–Trinajstić information content (AvgIpc) is 3.11. The van der Waals surface area contributed by atoms with Gasteiger partial charge in [-0.25, -0.2) is 13.6 Å². The van der Waals surface area contributed by atoms with Crippen molar-refractivity contribution in [1.29, 1.82) is 0 Å². The van der Waals surface area contributed by atoms with Crippen LogP contribution in [-0.2, 0) is 17.6 Å². The van der Waals surface area contributed by atoms with Gasteiger partial charge >= 0.3 is 5.97 Å². The maximum Gasteiger partial charge on any atom is 0.326 e. The van der Waals surface area contributed by atoms with Gasteiger partial charge in [-0.1, -0.05) is 49.7 Å². The molecule has 31 heavy (non-hydrogen) atoms. The second-order valence-corrected chi connectivity index (χ2v) is 8.00. The molecule has 1 N–H and O–H groups in total. The number of nitrogens with zero attached hydrogens (tertiary/aromatic N) is 1. The van der Waals surface area contributed by atoms with Crippen LogP contribution in [0.1, 0.15) is 36.5 Å². The molecule has 3 nitrogen and oxygen atoms in total. The van der Waals surface area contributed by atoms with Gasteiger partial charge in [0.1, 0.15) is 17.7 Å². The monoisotopic (exact) mass is 421 g/mol. The van der Waals surface area contributed by atoms with Crippen LogP contribution in [0, 0.1) is 11.6 Å². The largest absolute Gasteiger partial charge is 0.480 e. The second kappa shape index (κ2) is 8.88. The van der Waals surface area contributed by atoms with Gasteiger partial charge in [-0.05, 0) is 58.9 Å². The molecule has 3 aromatic carbocycles. The highest BCUT2D eigenvalue weighted by molar-refractivity contribution is 5.85. The Hall–Kier alpha value is -3.21. The molecule has 0 amide bonds. The van der Waals surface area contributed by atoms with Crippen molar-refractivity contribution in [1.82, 2.24) is 0 Å². The lowest BCUT2D eigenvalue weighted by molar-refractivity contribution is -0.138. The van der Waals surface area contributed by atoms with E-state index in [1.165, 1.54) is 23.3 Å². The van der Waals surface area contributed by atoms with Crippen molar-refractivity contribution < 1.29 is 18.7 Å². The SMILES string of the molecule is CCCC(C(=O)O)N(CCc1cc(F)cc(F)c1)c1cccc2c1Cc1ccccc1-2. The fraction of sp³-hybridized carbons (Fsp3) is 0.269. The summed E-state index contributed by atoms with van der Waals surface area (Å²) in [6, 6.07) is 16.9. The summed E-state index contributed by atoms with van der Waals surface area (Å²) in [6.45, 7) is 2.31. The Kier molecular flexibility index (Phi) is 6.03. The summed E-state index contributed by atoms with van der Waals surface area (Å²) in [5.74, 6) is -2.14. The molecule has 1 aliphatic rings. The van der Waals surface area contributed by atoms with Crippen LogP contribution >= 0.6 is 0 Å². The van der Waals surface area contributed by atoms with E-state index in [-0.39, 0.29) is 0 Å². The number of hydrogen-bond acceptors (Lipinski definition) is 2. The molecule has 0 fully saturated rings. The minimum Gasteiger partial charge on any atom is -0.480 e. The van der Waals surface area contributed by atoms with E-state index >= 15 is 0 Å². The Labute approximate surface area is 181 Å². The number of carbonyl (C=O) groups is 1. The van der Waals surface area contributed by atoms with Crippen molar-refractivity contribution in [3.05, 3.63) is 89.0 Å². The molecule has 1 unspecified atom stereocenters. The van der Waals surface area contributed by atoms with Gasteiger partial charge in [0.2, 0.25) is 0 Å². The zero-order chi connectivity index (χ0) is 22.0. The molecule has 0 saturated heterocycles. The van der Waals surface area contributed by atoms with Gasteiger partial charge in [0, 0.05) is 24.7 Å². The first kappa shape index (κ1) is 21.0. The van der Waals surface area contributed by atoms with Crippen LogP contribution in [0.15, 0.2) is 60.7 Å². The maximum atomic E-state index is 13.7. The highest BCUT2D eigenvalue weighted by Crippen LogP contribution is 2.42. The zero-order valence-electron chi connectivity index (χ0n) is 17.4. The summed E-state index contributed by atoms with van der Waals surface area (Å²) in [7, 11) is 0. The van der Waals surface area contributed by atoms with Gasteiger partial charge in [0.05, 0.1) is 0 Å². The molecule has 1 aliphatic carbocycles. The number of anilines is 1. The number of halogens is 2. The minimum atomic E-state index is -0.889. The van der Waals surface area contributed by atoms with Crippen molar-refractivity contribution in [2.75, 3.05) is 11.4 Å². The molecular formula is C26H25F2NO2. The normalized spacial score (nSPS) is 12.9. The van der Waals surface area contributed by atoms with E-state index in [2.05, 4.69) is 18.2 Å².